The zero-order valence-electron chi connectivity index (χ0n) is 8.54. The third-order valence-corrected chi connectivity index (χ3v) is 0.688. The lowest BCUT2D eigenvalue weighted by molar-refractivity contribution is 1.09. The smallest absolute Gasteiger partial charge is 0.123 e. The molecule has 1 heterocycles. The maximum absolute atomic E-state index is 5.25. The Morgan fingerprint density at radius 1 is 1.25 bits per heavy atom. The first-order chi connectivity index (χ1) is 5.81. The van der Waals surface area contributed by atoms with E-state index in [0.29, 0.717) is 5.82 Å². The number of nitrogens with two attached hydrogens (primary N) is 1. The van der Waals surface area contributed by atoms with Crippen LogP contribution >= 0.6 is 0 Å². The molecule has 0 fully saturated rings. The van der Waals surface area contributed by atoms with Gasteiger partial charge in [0.05, 0.1) is 0 Å². The van der Waals surface area contributed by atoms with Crippen LogP contribution in [0.15, 0.2) is 24.4 Å². The molecule has 0 amide bonds. The SMILES string of the molecule is CC.CCC.Nc1ccccn1. The number of aromatic nitrogens is 1. The van der Waals surface area contributed by atoms with Crippen LogP contribution < -0.4 is 5.73 Å². The number of nitrogen functional groups attached to an aromatic ring is 1. The van der Waals surface area contributed by atoms with E-state index >= 15 is 0 Å². The highest BCUT2D eigenvalue weighted by molar-refractivity contribution is 5.25. The Kier molecular flexibility index (Phi) is 14.2. The Bertz CT molecular complexity index is 149. The van der Waals surface area contributed by atoms with E-state index in [2.05, 4.69) is 18.8 Å². The van der Waals surface area contributed by atoms with Crippen molar-refractivity contribution in [1.82, 2.24) is 4.98 Å². The lowest BCUT2D eigenvalue weighted by Crippen LogP contribution is -1.85. The highest BCUT2D eigenvalue weighted by atomic mass is 14.8. The van der Waals surface area contributed by atoms with E-state index in [1.165, 1.54) is 6.42 Å². The second kappa shape index (κ2) is 12.6. The fraction of sp³-hybridized carbons (Fsp3) is 0.500. The van der Waals surface area contributed by atoms with Gasteiger partial charge in [0.1, 0.15) is 5.82 Å². The molecule has 0 atom stereocenters. The van der Waals surface area contributed by atoms with Gasteiger partial charge < -0.3 is 5.73 Å². The van der Waals surface area contributed by atoms with Crippen LogP contribution in [0, 0.1) is 0 Å². The molecule has 0 radical (unpaired) electrons. The molecule has 0 aliphatic carbocycles. The van der Waals surface area contributed by atoms with Gasteiger partial charge in [0.2, 0.25) is 0 Å². The van der Waals surface area contributed by atoms with Gasteiger partial charge in [0.15, 0.2) is 0 Å². The van der Waals surface area contributed by atoms with E-state index in [1.807, 2.05) is 26.0 Å². The molecule has 0 aliphatic heterocycles. The number of rotatable bonds is 0. The van der Waals surface area contributed by atoms with Gasteiger partial charge in [-0.1, -0.05) is 40.2 Å². The van der Waals surface area contributed by atoms with E-state index in [9.17, 15) is 0 Å². The van der Waals surface area contributed by atoms with Gasteiger partial charge in [-0.15, -0.1) is 0 Å². The monoisotopic (exact) mass is 168 g/mol. The van der Waals surface area contributed by atoms with E-state index in [4.69, 9.17) is 5.73 Å². The van der Waals surface area contributed by atoms with Crippen LogP contribution in [-0.4, -0.2) is 4.98 Å². The summed E-state index contributed by atoms with van der Waals surface area (Å²) in [6.45, 7) is 8.25. The second-order valence-electron chi connectivity index (χ2n) is 1.96. The summed E-state index contributed by atoms with van der Waals surface area (Å²) in [5, 5.41) is 0. The molecule has 0 aliphatic rings. The zero-order valence-corrected chi connectivity index (χ0v) is 8.54. The normalized spacial score (nSPS) is 7.00. The summed E-state index contributed by atoms with van der Waals surface area (Å²) in [6, 6.07) is 5.43. The van der Waals surface area contributed by atoms with Crippen LogP contribution in [0.25, 0.3) is 0 Å². The topological polar surface area (TPSA) is 38.9 Å². The molecule has 0 bridgehead atoms. The molecule has 2 nitrogen and oxygen atoms in total. The largest absolute Gasteiger partial charge is 0.384 e. The van der Waals surface area contributed by atoms with Gasteiger partial charge in [-0.05, 0) is 12.1 Å². The van der Waals surface area contributed by atoms with Crippen molar-refractivity contribution in [3.8, 4) is 0 Å². The van der Waals surface area contributed by atoms with Gasteiger partial charge in [-0.2, -0.15) is 0 Å². The Hall–Kier alpha value is -1.05. The number of pyridine rings is 1. The van der Waals surface area contributed by atoms with Gasteiger partial charge in [-0.25, -0.2) is 4.98 Å². The zero-order chi connectivity index (χ0) is 9.82. The first-order valence-electron chi connectivity index (χ1n) is 4.47. The predicted octanol–water partition coefficient (Wildman–Crippen LogP) is 3.11. The third-order valence-electron chi connectivity index (χ3n) is 0.688. The maximum Gasteiger partial charge on any atom is 0.123 e. The molecule has 0 saturated heterocycles. The molecule has 2 heteroatoms. The van der Waals surface area contributed by atoms with Crippen molar-refractivity contribution in [3.05, 3.63) is 24.4 Å². The minimum absolute atomic E-state index is 0.572. The highest BCUT2D eigenvalue weighted by Gasteiger charge is 1.73. The fourth-order valence-corrected chi connectivity index (χ4v) is 0.376. The van der Waals surface area contributed by atoms with Crippen LogP contribution in [0.4, 0.5) is 5.82 Å². The minimum Gasteiger partial charge on any atom is -0.384 e. The van der Waals surface area contributed by atoms with Gasteiger partial charge in [-0.3, -0.25) is 0 Å². The van der Waals surface area contributed by atoms with E-state index in [0.717, 1.165) is 0 Å². The second-order valence-corrected chi connectivity index (χ2v) is 1.96. The van der Waals surface area contributed by atoms with E-state index in [-0.39, 0.29) is 0 Å². The first kappa shape index (κ1) is 13.5. The summed E-state index contributed by atoms with van der Waals surface area (Å²) in [5.41, 5.74) is 5.25. The Morgan fingerprint density at radius 2 is 1.75 bits per heavy atom. The van der Waals surface area contributed by atoms with Crippen molar-refractivity contribution >= 4 is 5.82 Å². The molecule has 12 heavy (non-hydrogen) atoms. The summed E-state index contributed by atoms with van der Waals surface area (Å²) in [4.78, 5) is 3.76. The summed E-state index contributed by atoms with van der Waals surface area (Å²) < 4.78 is 0. The third kappa shape index (κ3) is 11.7. The van der Waals surface area contributed by atoms with Gasteiger partial charge in [0.25, 0.3) is 0 Å². The average molecular weight is 168 g/mol. The van der Waals surface area contributed by atoms with Crippen LogP contribution in [0.2, 0.25) is 0 Å². The quantitative estimate of drug-likeness (QED) is 0.646. The Morgan fingerprint density at radius 3 is 1.92 bits per heavy atom. The number of hydrogen-bond acceptors (Lipinski definition) is 2. The van der Waals surface area contributed by atoms with Gasteiger partial charge in [0, 0.05) is 6.20 Å². The molecule has 1 aromatic rings. The minimum atomic E-state index is 0.572. The van der Waals surface area contributed by atoms with Crippen molar-refractivity contribution in [2.75, 3.05) is 5.73 Å². The Balaban J connectivity index is 0. The summed E-state index contributed by atoms with van der Waals surface area (Å²) in [5.74, 6) is 0.572. The van der Waals surface area contributed by atoms with Gasteiger partial charge >= 0.3 is 0 Å². The summed E-state index contributed by atoms with van der Waals surface area (Å²) in [6.07, 6.45) is 2.91. The molecule has 0 saturated carbocycles. The first-order valence-corrected chi connectivity index (χ1v) is 4.47. The predicted molar refractivity (Wildman–Crippen MR) is 56.0 cm³/mol. The summed E-state index contributed by atoms with van der Waals surface area (Å²) in [7, 11) is 0. The molecule has 1 aromatic heterocycles. The lowest BCUT2D eigenvalue weighted by atomic mass is 10.5. The highest BCUT2D eigenvalue weighted by Crippen LogP contribution is 1.89. The molecule has 0 aromatic carbocycles. The van der Waals surface area contributed by atoms with E-state index in [1.54, 1.807) is 12.3 Å². The molecule has 2 N–H and O–H groups in total. The standard InChI is InChI=1S/C5H6N2.C3H8.C2H6/c6-5-3-1-2-4-7-5;1-3-2;1-2/h1-4H,(H2,6,7);3H2,1-2H3;1-2H3. The number of anilines is 1. The number of nitrogens with zero attached hydrogens (tertiary/aromatic N) is 1. The van der Waals surface area contributed by atoms with Crippen molar-refractivity contribution in [2.45, 2.75) is 34.1 Å². The molecular formula is C10H20N2. The fourth-order valence-electron chi connectivity index (χ4n) is 0.376. The molecule has 70 valence electrons. The molecule has 0 unspecified atom stereocenters. The van der Waals surface area contributed by atoms with Crippen LogP contribution in [0.1, 0.15) is 34.1 Å². The van der Waals surface area contributed by atoms with Crippen molar-refractivity contribution in [1.29, 1.82) is 0 Å². The van der Waals surface area contributed by atoms with Crippen LogP contribution in [0.5, 0.6) is 0 Å². The van der Waals surface area contributed by atoms with Crippen molar-refractivity contribution in [2.24, 2.45) is 0 Å². The number of hydrogen-bond donors (Lipinski definition) is 1. The molecule has 1 rings (SSSR count). The lowest BCUT2D eigenvalue weighted by Gasteiger charge is -1.82. The Labute approximate surface area is 75.8 Å². The molecular weight excluding hydrogens is 148 g/mol. The molecule has 0 spiro atoms. The van der Waals surface area contributed by atoms with Crippen LogP contribution in [0.3, 0.4) is 0 Å². The summed E-state index contributed by atoms with van der Waals surface area (Å²) >= 11 is 0. The van der Waals surface area contributed by atoms with Crippen LogP contribution in [-0.2, 0) is 0 Å². The van der Waals surface area contributed by atoms with Crippen molar-refractivity contribution in [3.63, 3.8) is 0 Å². The van der Waals surface area contributed by atoms with E-state index < -0.39 is 0 Å². The average Bonchev–Trinajstić information content (AvgIpc) is 2.11. The maximum atomic E-state index is 5.25. The van der Waals surface area contributed by atoms with Crippen molar-refractivity contribution < 1.29 is 0 Å².